The van der Waals surface area contributed by atoms with Crippen LogP contribution in [0.15, 0.2) is 109 Å². The van der Waals surface area contributed by atoms with Crippen LogP contribution in [-0.2, 0) is 69.0 Å². The quantitative estimate of drug-likeness (QED) is 0.0767. The number of benzene rings is 2. The van der Waals surface area contributed by atoms with Crippen molar-refractivity contribution < 1.29 is 0 Å². The van der Waals surface area contributed by atoms with Gasteiger partial charge in [-0.25, -0.2) is 34.9 Å². The number of piperidine rings is 1. The molecule has 9 aromatic heterocycles. The van der Waals surface area contributed by atoms with Gasteiger partial charge in [0.1, 0.15) is 34.9 Å². The van der Waals surface area contributed by atoms with E-state index in [2.05, 4.69) is 404 Å². The summed E-state index contributed by atoms with van der Waals surface area (Å²) in [6, 6.07) is 20.1. The van der Waals surface area contributed by atoms with E-state index in [0.717, 1.165) is 75.4 Å². The van der Waals surface area contributed by atoms with Crippen molar-refractivity contribution in [3.05, 3.63) is 205 Å². The van der Waals surface area contributed by atoms with Crippen molar-refractivity contribution in [1.82, 2.24) is 74.7 Å². The Kier molecular flexibility index (Phi) is 34.0. The highest BCUT2D eigenvalue weighted by atomic mass is 32.1. The average Bonchev–Trinajstić information content (AvgIpc) is 1.75. The van der Waals surface area contributed by atoms with Crippen LogP contribution in [0.25, 0.3) is 50.5 Å². The van der Waals surface area contributed by atoms with Crippen LogP contribution in [0.3, 0.4) is 0 Å². The third-order valence-corrected chi connectivity index (χ3v) is 28.7. The predicted octanol–water partition coefficient (Wildman–Crippen LogP) is 31.4. The van der Waals surface area contributed by atoms with Crippen LogP contribution < -0.4 is 0 Å². The molecule has 16 nitrogen and oxygen atoms in total. The van der Waals surface area contributed by atoms with Gasteiger partial charge in [-0.2, -0.15) is 0 Å². The fourth-order valence-corrected chi connectivity index (χ4v) is 19.4. The monoisotopic (exact) mass is 1830 g/mol. The highest BCUT2D eigenvalue weighted by molar-refractivity contribution is 7.13. The number of pyridine rings is 2. The van der Waals surface area contributed by atoms with Gasteiger partial charge in [0.05, 0.1) is 41.2 Å². The van der Waals surface area contributed by atoms with E-state index in [1.807, 2.05) is 54.7 Å². The molecule has 16 rings (SSSR count). The second kappa shape index (κ2) is 42.5. The molecular formula is C116H176N16S. The molecule has 1 saturated heterocycles. The van der Waals surface area contributed by atoms with Gasteiger partial charge >= 0.3 is 0 Å². The number of aromatic amines is 6. The van der Waals surface area contributed by atoms with Crippen LogP contribution in [0.5, 0.6) is 0 Å². The lowest BCUT2D eigenvalue weighted by atomic mass is 9.69. The van der Waals surface area contributed by atoms with Gasteiger partial charge in [-0.3, -0.25) is 14.9 Å². The SMILES string of the molecule is CC(C)(C)c1ccc(-c2cnc(C(C)(C)C)[nH]2)cn1.CC(C)(C)c1ncc(-c2ccc(C(C)(C)C)c3c2CCC3)[nH]1.CC(C)(C)c1ncc(-c2ccc(C(C)(C)C)c3c2CCCC3)[nH]1.CC(C)C1=NC=C(c2ccc(C(C)(C)C)s2)C1.CC(C)c1cnc2nc(C(C)(C)C)[nH]c2c1.CC(C)c1ncc(C2CCC(C(C)(C)C)CC2)[nH]1.CC(C)c1ncc(C2CCN(C(C)(C)C)CC2)[nH]1. The first-order chi connectivity index (χ1) is 61.5. The smallest absolute Gasteiger partial charge is 0.177 e. The largest absolute Gasteiger partial charge is 0.345 e. The van der Waals surface area contributed by atoms with Crippen molar-refractivity contribution >= 4 is 33.8 Å². The summed E-state index contributed by atoms with van der Waals surface area (Å²) < 4.78 is 0. The average molecular weight is 1830 g/mol. The second-order valence-electron chi connectivity index (χ2n) is 50.4. The predicted molar refractivity (Wildman–Crippen MR) is 568 cm³/mol. The molecule has 0 unspecified atom stereocenters. The number of imidazole rings is 6. The van der Waals surface area contributed by atoms with E-state index in [-0.39, 0.29) is 43.3 Å². The minimum absolute atomic E-state index is 0.0387. The van der Waals surface area contributed by atoms with Crippen molar-refractivity contribution in [2.45, 2.75) is 431 Å². The Bertz CT molecular complexity index is 5540. The number of fused-ring (bicyclic) bond motifs is 3. The Morgan fingerprint density at radius 2 is 0.835 bits per heavy atom. The van der Waals surface area contributed by atoms with E-state index < -0.39 is 0 Å². The van der Waals surface area contributed by atoms with Crippen LogP contribution in [-0.4, -0.2) is 99.0 Å². The standard InChI is InChI=1S/C21H30N2.C20H28N2.C16H23N3.C16H28N2.C15H27N3.C15H21NS.C13H19N3/c1-20(2,3)17-12-11-16(14-9-7-8-10-15(14)17)18-13-22-19(23-18)21(4,5)6;1-19(2,3)16-11-10-15(13-8-7-9-14(13)16)17-12-21-18(22-17)20(4,5)6;1-15(2,3)13-8-7-11(9-17-13)12-10-18-14(19-12)16(4,5)6;1-11(2)15-17-10-14(18-15)12-6-8-13(9-7-12)16(3,4)5;1-11(2)14-16-10-13(17-14)12-6-8-18(9-7-12)15(3,4)5;1-10(2)12-8-11(9-16-12)13-6-7-14(17-13)15(3,4)5;1-8(2)9-6-10-11(14-7-9)16-12(15-10)13(3,4)5/h11-13H,7-10H2,1-6H3,(H,22,23);10-12H,7-9H2,1-6H3,(H,21,22);7-10H,1-6H3,(H,18,19);10-13H,6-9H2,1-5H3,(H,17,18);10-12H,6-9H2,1-5H3,(H,16,17);6-7,9-10H,8H2,1-5H3;6-8H,1-5H3,(H,14,15,16). The van der Waals surface area contributed by atoms with Crippen molar-refractivity contribution in [1.29, 1.82) is 0 Å². The molecule has 1 saturated carbocycles. The van der Waals surface area contributed by atoms with Crippen LogP contribution in [0, 0.1) is 17.3 Å². The number of H-pyrrole nitrogens is 6. The summed E-state index contributed by atoms with van der Waals surface area (Å²) in [6.45, 7) is 87.3. The lowest BCUT2D eigenvalue weighted by molar-refractivity contribution is 0.102. The van der Waals surface area contributed by atoms with Crippen molar-refractivity contribution in [3.8, 4) is 33.8 Å². The molecule has 17 heteroatoms. The van der Waals surface area contributed by atoms with Crippen LogP contribution in [0.4, 0.5) is 0 Å². The van der Waals surface area contributed by atoms with E-state index in [0.29, 0.717) is 46.5 Å². The first-order valence-electron chi connectivity index (χ1n) is 50.6. The zero-order valence-electron chi connectivity index (χ0n) is 90.1. The summed E-state index contributed by atoms with van der Waals surface area (Å²) in [5, 5.41) is 0. The normalized spacial score (nSPS) is 16.8. The summed E-state index contributed by atoms with van der Waals surface area (Å²) >= 11 is 1.91. The van der Waals surface area contributed by atoms with Gasteiger partial charge in [-0.1, -0.05) is 267 Å². The molecule has 2 fully saturated rings. The second-order valence-corrected chi connectivity index (χ2v) is 51.5. The minimum Gasteiger partial charge on any atom is -0.345 e. The fourth-order valence-electron chi connectivity index (χ4n) is 18.3. The molecule has 0 spiro atoms. The van der Waals surface area contributed by atoms with Gasteiger partial charge < -0.3 is 29.9 Å². The van der Waals surface area contributed by atoms with Gasteiger partial charge in [-0.05, 0) is 232 Å². The van der Waals surface area contributed by atoms with Gasteiger partial charge in [-0.15, -0.1) is 11.3 Å². The van der Waals surface area contributed by atoms with Crippen LogP contribution in [0.1, 0.15) is 458 Å². The van der Waals surface area contributed by atoms with Gasteiger partial charge in [0.2, 0.25) is 0 Å². The first-order valence-corrected chi connectivity index (χ1v) is 51.4. The number of likely N-dealkylation sites (tertiary alicyclic amines) is 1. The minimum atomic E-state index is 0.0387. The molecule has 5 aliphatic rings. The maximum absolute atomic E-state index is 4.63. The van der Waals surface area contributed by atoms with Crippen molar-refractivity contribution in [2.75, 3.05) is 13.1 Å². The van der Waals surface area contributed by atoms with Crippen molar-refractivity contribution in [3.63, 3.8) is 0 Å². The number of thiophene rings is 1. The Labute approximate surface area is 808 Å². The summed E-state index contributed by atoms with van der Waals surface area (Å²) in [5.41, 5.74) is 27.8. The zero-order valence-corrected chi connectivity index (χ0v) is 90.9. The maximum atomic E-state index is 4.63. The number of allylic oxidation sites excluding steroid dienone is 1. The molecule has 3 aliphatic carbocycles. The number of nitrogens with zero attached hydrogens (tertiary/aromatic N) is 10. The topological polar surface area (TPSA) is 213 Å². The summed E-state index contributed by atoms with van der Waals surface area (Å²) in [7, 11) is 0. The summed E-state index contributed by atoms with van der Waals surface area (Å²) in [6.07, 6.45) is 33.5. The molecule has 0 radical (unpaired) electrons. The molecule has 11 heterocycles. The van der Waals surface area contributed by atoms with Crippen LogP contribution in [0.2, 0.25) is 0 Å². The summed E-state index contributed by atoms with van der Waals surface area (Å²) in [4.78, 5) is 67.0. The number of hydrogen-bond acceptors (Lipinski definition) is 11. The highest BCUT2D eigenvalue weighted by Gasteiger charge is 2.35. The number of nitrogens with one attached hydrogen (secondary N) is 6. The van der Waals surface area contributed by atoms with Crippen LogP contribution >= 0.6 is 11.3 Å². The lowest BCUT2D eigenvalue weighted by Gasteiger charge is -2.40. The van der Waals surface area contributed by atoms with E-state index in [4.69, 9.17) is 0 Å². The fraction of sp³-hybridized carbons (Fsp3) is 0.612. The molecule has 2 aromatic carbocycles. The Balaban J connectivity index is 0.000000161. The zero-order chi connectivity index (χ0) is 98.4. The first kappa shape index (κ1) is 106. The molecule has 0 bridgehead atoms. The third kappa shape index (κ3) is 28.5. The number of aromatic nitrogens is 14. The van der Waals surface area contributed by atoms with E-state index >= 15 is 0 Å². The molecule has 0 atom stereocenters. The van der Waals surface area contributed by atoms with Gasteiger partial charge in [0.25, 0.3) is 0 Å². The Morgan fingerprint density at radius 3 is 1.23 bits per heavy atom. The van der Waals surface area contributed by atoms with Gasteiger partial charge in [0.15, 0.2) is 5.65 Å². The van der Waals surface area contributed by atoms with Gasteiger partial charge in [0, 0.05) is 143 Å². The Morgan fingerprint density at radius 1 is 0.376 bits per heavy atom. The van der Waals surface area contributed by atoms with E-state index in [1.54, 1.807) is 16.7 Å². The molecule has 11 aromatic rings. The number of hydrogen-bond donors (Lipinski definition) is 6. The molecule has 2 aliphatic heterocycles. The maximum Gasteiger partial charge on any atom is 0.177 e. The molecule has 133 heavy (non-hydrogen) atoms. The van der Waals surface area contributed by atoms with E-state index in [1.165, 1.54) is 174 Å². The molecule has 726 valence electrons. The number of rotatable bonds is 10. The molecule has 0 amide bonds. The Hall–Kier alpha value is -8.67. The van der Waals surface area contributed by atoms with E-state index in [9.17, 15) is 0 Å². The highest BCUT2D eigenvalue weighted by Crippen LogP contribution is 2.46. The number of aliphatic imine (C=N–C) groups is 1. The van der Waals surface area contributed by atoms with Crippen molar-refractivity contribution in [2.24, 2.45) is 22.2 Å². The molecule has 6 N–H and O–H groups in total. The summed E-state index contributed by atoms with van der Waals surface area (Å²) in [5.74, 6) is 10.7. The lowest BCUT2D eigenvalue weighted by Crippen LogP contribution is -2.45. The third-order valence-electron chi connectivity index (χ3n) is 27.1. The molecular weight excluding hydrogens is 1650 g/mol.